The minimum atomic E-state index is 0.103. The van der Waals surface area contributed by atoms with Gasteiger partial charge >= 0.3 is 0 Å². The molecule has 0 spiro atoms. The van der Waals surface area contributed by atoms with Crippen LogP contribution in [0.1, 0.15) is 5.56 Å². The highest BCUT2D eigenvalue weighted by atomic mass is 35.5. The first kappa shape index (κ1) is 12.4. The van der Waals surface area contributed by atoms with Crippen molar-refractivity contribution in [3.63, 3.8) is 0 Å². The smallest absolute Gasteiger partial charge is 0.222 e. The molecule has 2 rings (SSSR count). The molecule has 1 aromatic heterocycles. The Bertz CT molecular complexity index is 636. The van der Waals surface area contributed by atoms with E-state index in [-0.39, 0.29) is 5.95 Å². The zero-order chi connectivity index (χ0) is 13.1. The van der Waals surface area contributed by atoms with Crippen molar-refractivity contribution >= 4 is 40.7 Å². The number of benzene rings is 1. The summed E-state index contributed by atoms with van der Waals surface area (Å²) >= 11 is 11.9. The molecule has 1 heterocycles. The van der Waals surface area contributed by atoms with E-state index in [1.54, 1.807) is 18.2 Å². The van der Waals surface area contributed by atoms with Crippen LogP contribution in [0.4, 0.5) is 17.5 Å². The van der Waals surface area contributed by atoms with Gasteiger partial charge in [-0.2, -0.15) is 10.2 Å². The third-order valence-electron chi connectivity index (χ3n) is 2.11. The van der Waals surface area contributed by atoms with E-state index in [4.69, 9.17) is 34.2 Å². The first-order chi connectivity index (χ1) is 8.60. The van der Waals surface area contributed by atoms with Gasteiger partial charge in [0.1, 0.15) is 5.02 Å². The first-order valence-electron chi connectivity index (χ1n) is 4.85. The highest BCUT2D eigenvalue weighted by Gasteiger charge is 2.07. The summed E-state index contributed by atoms with van der Waals surface area (Å²) in [5.41, 5.74) is 6.52. The average Bonchev–Trinajstić information content (AvgIpc) is 2.36. The molecule has 18 heavy (non-hydrogen) atoms. The summed E-state index contributed by atoms with van der Waals surface area (Å²) in [6.07, 6.45) is 1.39. The predicted octanol–water partition coefficient (Wildman–Crippen LogP) is 2.98. The molecule has 3 N–H and O–H groups in total. The number of nitrogens with zero attached hydrogens (tertiary/aromatic N) is 3. The Labute approximate surface area is 113 Å². The molecule has 0 amide bonds. The normalized spacial score (nSPS) is 9.83. The molecule has 0 aliphatic rings. The Hall–Kier alpha value is -2.03. The number of hydrogen-bond donors (Lipinski definition) is 2. The number of hydrogen-bond acceptors (Lipinski definition) is 5. The van der Waals surface area contributed by atoms with Gasteiger partial charge in [-0.05, 0) is 18.2 Å². The van der Waals surface area contributed by atoms with Crippen LogP contribution in [0.15, 0.2) is 24.4 Å². The molecule has 2 aromatic rings. The van der Waals surface area contributed by atoms with Crippen molar-refractivity contribution in [3.05, 3.63) is 40.0 Å². The Morgan fingerprint density at radius 2 is 2.06 bits per heavy atom. The minimum Gasteiger partial charge on any atom is -0.368 e. The van der Waals surface area contributed by atoms with Crippen molar-refractivity contribution in [1.82, 2.24) is 9.97 Å². The SMILES string of the molecule is N#Cc1ccc(Nc2nc(N)ncc2Cl)c(Cl)c1. The minimum absolute atomic E-state index is 0.103. The quantitative estimate of drug-likeness (QED) is 0.882. The van der Waals surface area contributed by atoms with Gasteiger partial charge in [0.15, 0.2) is 5.82 Å². The van der Waals surface area contributed by atoms with Gasteiger partial charge in [0, 0.05) is 0 Å². The van der Waals surface area contributed by atoms with E-state index in [9.17, 15) is 0 Å². The van der Waals surface area contributed by atoms with E-state index in [1.807, 2.05) is 6.07 Å². The summed E-state index contributed by atoms with van der Waals surface area (Å²) in [5.74, 6) is 0.461. The van der Waals surface area contributed by atoms with Crippen molar-refractivity contribution in [1.29, 1.82) is 5.26 Å². The molecule has 0 aliphatic carbocycles. The van der Waals surface area contributed by atoms with E-state index in [0.717, 1.165) is 0 Å². The molecule has 0 saturated carbocycles. The van der Waals surface area contributed by atoms with E-state index in [2.05, 4.69) is 15.3 Å². The van der Waals surface area contributed by atoms with Crippen LogP contribution in [-0.2, 0) is 0 Å². The fourth-order valence-corrected chi connectivity index (χ4v) is 1.65. The number of nitrogens with two attached hydrogens (primary N) is 1. The van der Waals surface area contributed by atoms with Crippen LogP contribution in [0.2, 0.25) is 10.0 Å². The van der Waals surface area contributed by atoms with Gasteiger partial charge < -0.3 is 11.1 Å². The maximum Gasteiger partial charge on any atom is 0.222 e. The van der Waals surface area contributed by atoms with Gasteiger partial charge in [-0.3, -0.25) is 0 Å². The molecule has 7 heteroatoms. The molecule has 0 radical (unpaired) electrons. The number of aromatic nitrogens is 2. The molecular weight excluding hydrogens is 273 g/mol. The van der Waals surface area contributed by atoms with Gasteiger partial charge in [0.2, 0.25) is 5.95 Å². The molecular formula is C11H7Cl2N5. The molecule has 90 valence electrons. The summed E-state index contributed by atoms with van der Waals surface area (Å²) in [5, 5.41) is 12.4. The maximum atomic E-state index is 8.74. The molecule has 0 bridgehead atoms. The Morgan fingerprint density at radius 1 is 1.28 bits per heavy atom. The third kappa shape index (κ3) is 2.62. The second-order valence-corrected chi connectivity index (χ2v) is 4.17. The Balaban J connectivity index is 2.34. The topological polar surface area (TPSA) is 87.6 Å². The van der Waals surface area contributed by atoms with Gasteiger partial charge in [-0.25, -0.2) is 4.98 Å². The fraction of sp³-hybridized carbons (Fsp3) is 0. The van der Waals surface area contributed by atoms with Crippen LogP contribution in [0, 0.1) is 11.3 Å². The number of nitrogen functional groups attached to an aromatic ring is 1. The molecule has 5 nitrogen and oxygen atoms in total. The van der Waals surface area contributed by atoms with E-state index < -0.39 is 0 Å². The zero-order valence-corrected chi connectivity index (χ0v) is 10.5. The van der Waals surface area contributed by atoms with Crippen LogP contribution >= 0.6 is 23.2 Å². The standard InChI is InChI=1S/C11H7Cl2N5/c12-7-3-6(4-14)1-2-9(7)17-10-8(13)5-16-11(15)18-10/h1-3,5H,(H3,15,16,17,18). The van der Waals surface area contributed by atoms with Crippen molar-refractivity contribution in [2.45, 2.75) is 0 Å². The number of halogens is 2. The second kappa shape index (κ2) is 5.08. The molecule has 0 atom stereocenters. The zero-order valence-electron chi connectivity index (χ0n) is 8.98. The van der Waals surface area contributed by atoms with Crippen molar-refractivity contribution in [2.75, 3.05) is 11.1 Å². The van der Waals surface area contributed by atoms with E-state index in [1.165, 1.54) is 6.20 Å². The highest BCUT2D eigenvalue weighted by Crippen LogP contribution is 2.28. The lowest BCUT2D eigenvalue weighted by Gasteiger charge is -2.09. The number of nitrogens with one attached hydrogen (secondary N) is 1. The van der Waals surface area contributed by atoms with Crippen LogP contribution < -0.4 is 11.1 Å². The third-order valence-corrected chi connectivity index (χ3v) is 2.70. The van der Waals surface area contributed by atoms with Crippen molar-refractivity contribution < 1.29 is 0 Å². The number of nitriles is 1. The van der Waals surface area contributed by atoms with Crippen LogP contribution in [0.5, 0.6) is 0 Å². The molecule has 1 aromatic carbocycles. The molecule has 0 saturated heterocycles. The molecule has 0 fully saturated rings. The summed E-state index contributed by atoms with van der Waals surface area (Å²) in [6, 6.07) is 6.83. The molecule has 0 aliphatic heterocycles. The summed E-state index contributed by atoms with van der Waals surface area (Å²) in [7, 11) is 0. The predicted molar refractivity (Wildman–Crippen MR) is 70.9 cm³/mol. The average molecular weight is 280 g/mol. The fourth-order valence-electron chi connectivity index (χ4n) is 1.28. The van der Waals surface area contributed by atoms with Gasteiger partial charge in [0.05, 0.1) is 28.5 Å². The van der Waals surface area contributed by atoms with Crippen LogP contribution in [-0.4, -0.2) is 9.97 Å². The lowest BCUT2D eigenvalue weighted by molar-refractivity contribution is 1.18. The second-order valence-electron chi connectivity index (χ2n) is 3.36. The van der Waals surface area contributed by atoms with Gasteiger partial charge in [0.25, 0.3) is 0 Å². The number of anilines is 3. The molecule has 0 unspecified atom stereocenters. The van der Waals surface area contributed by atoms with Crippen molar-refractivity contribution in [3.8, 4) is 6.07 Å². The summed E-state index contributed by atoms with van der Waals surface area (Å²) in [4.78, 5) is 7.70. The van der Waals surface area contributed by atoms with Gasteiger partial charge in [-0.1, -0.05) is 23.2 Å². The van der Waals surface area contributed by atoms with E-state index in [0.29, 0.717) is 27.1 Å². The summed E-state index contributed by atoms with van der Waals surface area (Å²) < 4.78 is 0. The van der Waals surface area contributed by atoms with Crippen LogP contribution in [0.3, 0.4) is 0 Å². The monoisotopic (exact) mass is 279 g/mol. The largest absolute Gasteiger partial charge is 0.368 e. The highest BCUT2D eigenvalue weighted by molar-refractivity contribution is 6.34. The first-order valence-corrected chi connectivity index (χ1v) is 5.60. The van der Waals surface area contributed by atoms with Gasteiger partial charge in [-0.15, -0.1) is 0 Å². The lowest BCUT2D eigenvalue weighted by atomic mass is 10.2. The number of rotatable bonds is 2. The Morgan fingerprint density at radius 3 is 2.72 bits per heavy atom. The van der Waals surface area contributed by atoms with E-state index >= 15 is 0 Å². The summed E-state index contributed by atoms with van der Waals surface area (Å²) in [6.45, 7) is 0. The lowest BCUT2D eigenvalue weighted by Crippen LogP contribution is -2.00. The van der Waals surface area contributed by atoms with Crippen LogP contribution in [0.25, 0.3) is 0 Å². The maximum absolute atomic E-state index is 8.74. The van der Waals surface area contributed by atoms with Crippen molar-refractivity contribution in [2.24, 2.45) is 0 Å². The Kier molecular flexibility index (Phi) is 3.51.